The molecule has 2 amide bonds. The van der Waals surface area contributed by atoms with E-state index in [1.807, 2.05) is 0 Å². The van der Waals surface area contributed by atoms with Gasteiger partial charge in [0, 0.05) is 6.42 Å². The molecule has 8 heteroatoms. The molecule has 1 aliphatic heterocycles. The first-order chi connectivity index (χ1) is 11.0. The second-order valence-corrected chi connectivity index (χ2v) is 5.62. The van der Waals surface area contributed by atoms with E-state index in [1.165, 1.54) is 7.11 Å². The van der Waals surface area contributed by atoms with Crippen molar-refractivity contribution >= 4 is 35.0 Å². The lowest BCUT2D eigenvalue weighted by Crippen LogP contribution is -2.17. The van der Waals surface area contributed by atoms with Crippen molar-refractivity contribution in [2.24, 2.45) is 0 Å². The van der Waals surface area contributed by atoms with E-state index in [-0.39, 0.29) is 13.0 Å². The molecule has 23 heavy (non-hydrogen) atoms. The molecule has 1 aromatic carbocycles. The predicted octanol–water partition coefficient (Wildman–Crippen LogP) is 2.26. The van der Waals surface area contributed by atoms with Gasteiger partial charge in [0.2, 0.25) is 0 Å². The fourth-order valence-electron chi connectivity index (χ4n) is 1.87. The zero-order valence-corrected chi connectivity index (χ0v) is 13.1. The Labute approximate surface area is 136 Å². The number of thioether (sulfide) groups is 1. The molecule has 1 aromatic rings. The molecule has 0 bridgehead atoms. The van der Waals surface area contributed by atoms with Crippen molar-refractivity contribution in [3.63, 3.8) is 0 Å². The van der Waals surface area contributed by atoms with Gasteiger partial charge in [-0.05, 0) is 42.0 Å². The lowest BCUT2D eigenvalue weighted by atomic mass is 10.2. The van der Waals surface area contributed by atoms with Crippen molar-refractivity contribution in [1.29, 1.82) is 0 Å². The van der Waals surface area contributed by atoms with E-state index in [9.17, 15) is 14.4 Å². The second kappa shape index (κ2) is 7.68. The Balaban J connectivity index is 2.07. The van der Waals surface area contributed by atoms with Crippen LogP contribution in [0.1, 0.15) is 18.4 Å². The molecule has 1 heterocycles. The van der Waals surface area contributed by atoms with Crippen LogP contribution in [0.15, 0.2) is 23.1 Å². The lowest BCUT2D eigenvalue weighted by molar-refractivity contribution is -0.137. The van der Waals surface area contributed by atoms with E-state index in [4.69, 9.17) is 14.6 Å². The maximum Gasteiger partial charge on any atom is 0.303 e. The summed E-state index contributed by atoms with van der Waals surface area (Å²) in [6.45, 7) is 0.260. The number of ether oxygens (including phenoxy) is 2. The fraction of sp³-hybridized carbons (Fsp3) is 0.267. The average Bonchev–Trinajstić information content (AvgIpc) is 2.82. The second-order valence-electron chi connectivity index (χ2n) is 4.61. The predicted molar refractivity (Wildman–Crippen MR) is 84.5 cm³/mol. The summed E-state index contributed by atoms with van der Waals surface area (Å²) in [6.07, 6.45) is 2.01. The minimum atomic E-state index is -0.871. The van der Waals surface area contributed by atoms with Crippen molar-refractivity contribution < 1.29 is 29.0 Å². The number of carboxylic acids is 1. The number of nitrogens with one attached hydrogen (secondary N) is 1. The minimum absolute atomic E-state index is 0.0346. The van der Waals surface area contributed by atoms with Gasteiger partial charge in [-0.3, -0.25) is 19.7 Å². The maximum atomic E-state index is 11.5. The smallest absolute Gasteiger partial charge is 0.303 e. The summed E-state index contributed by atoms with van der Waals surface area (Å²) >= 11 is 0.840. The van der Waals surface area contributed by atoms with Crippen molar-refractivity contribution in [3.8, 4) is 11.5 Å². The summed E-state index contributed by atoms with van der Waals surface area (Å²) in [5, 5.41) is 10.4. The van der Waals surface area contributed by atoms with E-state index in [1.54, 1.807) is 24.3 Å². The number of carbonyl (C=O) groups is 3. The molecule has 2 rings (SSSR count). The summed E-state index contributed by atoms with van der Waals surface area (Å²) in [5.41, 5.74) is 0.687. The number of aliphatic carboxylic acids is 1. The van der Waals surface area contributed by atoms with E-state index < -0.39 is 17.1 Å². The molecule has 1 aliphatic rings. The normalized spacial score (nSPS) is 15.6. The van der Waals surface area contributed by atoms with Crippen LogP contribution in [0.5, 0.6) is 11.5 Å². The molecule has 0 radical (unpaired) electrons. The SMILES string of the molecule is COc1cc(/C=C2/SC(=O)NC2=O)ccc1OCCCC(=O)O. The molecule has 7 nitrogen and oxygen atoms in total. The van der Waals surface area contributed by atoms with Crippen molar-refractivity contribution in [2.75, 3.05) is 13.7 Å². The van der Waals surface area contributed by atoms with Gasteiger partial charge in [-0.2, -0.15) is 0 Å². The van der Waals surface area contributed by atoms with Crippen LogP contribution in [-0.4, -0.2) is 35.9 Å². The third kappa shape index (κ3) is 4.75. The highest BCUT2D eigenvalue weighted by atomic mass is 32.2. The van der Waals surface area contributed by atoms with Gasteiger partial charge in [0.1, 0.15) is 0 Å². The highest BCUT2D eigenvalue weighted by Crippen LogP contribution is 2.31. The number of hydrogen-bond acceptors (Lipinski definition) is 6. The molecule has 0 aliphatic carbocycles. The van der Waals surface area contributed by atoms with E-state index in [2.05, 4.69) is 5.32 Å². The molecule has 1 saturated heterocycles. The van der Waals surface area contributed by atoms with Crippen LogP contribution in [0.2, 0.25) is 0 Å². The Kier molecular flexibility index (Phi) is 5.64. The molecule has 1 fully saturated rings. The number of rotatable bonds is 7. The highest BCUT2D eigenvalue weighted by Gasteiger charge is 2.25. The van der Waals surface area contributed by atoms with Gasteiger partial charge < -0.3 is 14.6 Å². The largest absolute Gasteiger partial charge is 0.493 e. The molecule has 0 atom stereocenters. The van der Waals surface area contributed by atoms with Crippen molar-refractivity contribution in [3.05, 3.63) is 28.7 Å². The lowest BCUT2D eigenvalue weighted by Gasteiger charge is -2.11. The van der Waals surface area contributed by atoms with E-state index >= 15 is 0 Å². The monoisotopic (exact) mass is 337 g/mol. The van der Waals surface area contributed by atoms with Crippen LogP contribution in [-0.2, 0) is 9.59 Å². The first kappa shape index (κ1) is 16.9. The van der Waals surface area contributed by atoms with Crippen molar-refractivity contribution in [1.82, 2.24) is 5.32 Å². The van der Waals surface area contributed by atoms with Gasteiger partial charge in [-0.15, -0.1) is 0 Å². The molecular formula is C15H15NO6S. The quantitative estimate of drug-likeness (QED) is 0.581. The van der Waals surface area contributed by atoms with Gasteiger partial charge >= 0.3 is 5.97 Å². The minimum Gasteiger partial charge on any atom is -0.493 e. The number of carbonyl (C=O) groups excluding carboxylic acids is 2. The summed E-state index contributed by atoms with van der Waals surface area (Å²) in [6, 6.07) is 5.07. The molecule has 2 N–H and O–H groups in total. The molecule has 0 saturated carbocycles. The number of hydrogen-bond donors (Lipinski definition) is 2. The number of imide groups is 1. The number of methoxy groups -OCH3 is 1. The molecule has 0 spiro atoms. The Bertz CT molecular complexity index is 670. The third-order valence-corrected chi connectivity index (χ3v) is 3.73. The number of amides is 2. The van der Waals surface area contributed by atoms with Crippen LogP contribution in [0.4, 0.5) is 4.79 Å². The first-order valence-corrected chi connectivity index (χ1v) is 7.58. The summed E-state index contributed by atoms with van der Waals surface area (Å²) in [4.78, 5) is 33.4. The Morgan fingerprint density at radius 1 is 1.35 bits per heavy atom. The molecular weight excluding hydrogens is 322 g/mol. The topological polar surface area (TPSA) is 102 Å². The fourth-order valence-corrected chi connectivity index (χ4v) is 2.55. The summed E-state index contributed by atoms with van der Waals surface area (Å²) < 4.78 is 10.7. The van der Waals surface area contributed by atoms with Gasteiger partial charge in [-0.1, -0.05) is 6.07 Å². The standard InChI is InChI=1S/C15H15NO6S/c1-21-11-7-9(8-12-14(19)16-15(20)23-12)4-5-10(11)22-6-2-3-13(17)18/h4-5,7-8H,2-3,6H2,1H3,(H,17,18)(H,16,19,20)/b12-8+. The highest BCUT2D eigenvalue weighted by molar-refractivity contribution is 8.18. The number of carboxylic acid groups (broad SMARTS) is 1. The molecule has 0 unspecified atom stereocenters. The first-order valence-electron chi connectivity index (χ1n) is 6.77. The van der Waals surface area contributed by atoms with Gasteiger partial charge in [0.15, 0.2) is 11.5 Å². The zero-order valence-electron chi connectivity index (χ0n) is 12.3. The van der Waals surface area contributed by atoms with Crippen molar-refractivity contribution in [2.45, 2.75) is 12.8 Å². The van der Waals surface area contributed by atoms with E-state index in [0.717, 1.165) is 11.8 Å². The third-order valence-electron chi connectivity index (χ3n) is 2.92. The van der Waals surface area contributed by atoms with Crippen LogP contribution in [0.25, 0.3) is 6.08 Å². The van der Waals surface area contributed by atoms with Crippen LogP contribution < -0.4 is 14.8 Å². The van der Waals surface area contributed by atoms with Crippen LogP contribution in [0, 0.1) is 0 Å². The summed E-state index contributed by atoms with van der Waals surface area (Å²) in [7, 11) is 1.48. The molecule has 122 valence electrons. The van der Waals surface area contributed by atoms with Crippen LogP contribution in [0.3, 0.4) is 0 Å². The maximum absolute atomic E-state index is 11.5. The van der Waals surface area contributed by atoms with Gasteiger partial charge in [0.25, 0.3) is 11.1 Å². The Morgan fingerprint density at radius 2 is 2.13 bits per heavy atom. The van der Waals surface area contributed by atoms with Gasteiger partial charge in [-0.25, -0.2) is 0 Å². The average molecular weight is 337 g/mol. The molecule has 0 aromatic heterocycles. The van der Waals surface area contributed by atoms with Gasteiger partial charge in [0.05, 0.1) is 18.6 Å². The summed E-state index contributed by atoms with van der Waals surface area (Å²) in [5.74, 6) is -0.346. The Morgan fingerprint density at radius 3 is 2.74 bits per heavy atom. The number of benzene rings is 1. The zero-order chi connectivity index (χ0) is 16.8. The van der Waals surface area contributed by atoms with Crippen LogP contribution >= 0.6 is 11.8 Å². The Hall–Kier alpha value is -2.48. The van der Waals surface area contributed by atoms with E-state index in [0.29, 0.717) is 28.4 Å².